The fraction of sp³-hybridized carbons (Fsp3) is 0.625. The first-order valence-corrected chi connectivity index (χ1v) is 8.17. The Labute approximate surface area is 116 Å². The zero-order chi connectivity index (χ0) is 12.8. The van der Waals surface area contributed by atoms with Crippen molar-refractivity contribution >= 4 is 11.8 Å². The van der Waals surface area contributed by atoms with Crippen LogP contribution in [0.3, 0.4) is 0 Å². The summed E-state index contributed by atoms with van der Waals surface area (Å²) in [6.45, 7) is 8.56. The summed E-state index contributed by atoms with van der Waals surface area (Å²) in [5.41, 5.74) is 0.622. The van der Waals surface area contributed by atoms with Crippen molar-refractivity contribution in [1.82, 2.24) is 4.90 Å². The molecule has 1 aliphatic rings. The summed E-state index contributed by atoms with van der Waals surface area (Å²) in [5.74, 6) is 1.22. The van der Waals surface area contributed by atoms with Gasteiger partial charge in [-0.1, -0.05) is 32.0 Å². The lowest BCUT2D eigenvalue weighted by molar-refractivity contribution is 0.247. The highest BCUT2D eigenvalue weighted by Crippen LogP contribution is 2.36. The van der Waals surface area contributed by atoms with Crippen LogP contribution in [0.25, 0.3) is 0 Å². The Balaban J connectivity index is 1.73. The van der Waals surface area contributed by atoms with Gasteiger partial charge in [0.1, 0.15) is 0 Å². The zero-order valence-corrected chi connectivity index (χ0v) is 12.5. The molecule has 18 heavy (non-hydrogen) atoms. The summed E-state index contributed by atoms with van der Waals surface area (Å²) < 4.78 is 0. The van der Waals surface area contributed by atoms with E-state index in [-0.39, 0.29) is 0 Å². The van der Waals surface area contributed by atoms with Crippen molar-refractivity contribution in [2.75, 3.05) is 25.4 Å². The van der Waals surface area contributed by atoms with Gasteiger partial charge in [0.15, 0.2) is 0 Å². The van der Waals surface area contributed by atoms with Gasteiger partial charge in [0, 0.05) is 23.7 Å². The second-order valence-corrected chi connectivity index (χ2v) is 6.56. The normalized spacial score (nSPS) is 19.2. The summed E-state index contributed by atoms with van der Waals surface area (Å²) >= 11 is 1.98. The van der Waals surface area contributed by atoms with E-state index < -0.39 is 0 Å². The maximum Gasteiger partial charge on any atom is 0.0108 e. The minimum absolute atomic E-state index is 0.622. The average molecular weight is 263 g/mol. The van der Waals surface area contributed by atoms with Gasteiger partial charge in [0.25, 0.3) is 0 Å². The van der Waals surface area contributed by atoms with E-state index in [0.717, 1.165) is 0 Å². The fourth-order valence-corrected chi connectivity index (χ4v) is 3.79. The average Bonchev–Trinajstić information content (AvgIpc) is 2.84. The minimum Gasteiger partial charge on any atom is -0.302 e. The third kappa shape index (κ3) is 3.52. The molecular formula is C16H25NS. The van der Waals surface area contributed by atoms with Crippen molar-refractivity contribution in [2.24, 2.45) is 5.41 Å². The van der Waals surface area contributed by atoms with Gasteiger partial charge >= 0.3 is 0 Å². The number of likely N-dealkylation sites (tertiary alicyclic amines) is 1. The lowest BCUT2D eigenvalue weighted by Gasteiger charge is -2.26. The molecule has 0 radical (unpaired) electrons. The Morgan fingerprint density at radius 1 is 1.17 bits per heavy atom. The van der Waals surface area contributed by atoms with Crippen LogP contribution in [0.15, 0.2) is 35.2 Å². The minimum atomic E-state index is 0.622. The van der Waals surface area contributed by atoms with Crippen LogP contribution in [0.5, 0.6) is 0 Å². The Morgan fingerprint density at radius 2 is 1.89 bits per heavy atom. The number of nitrogens with zero attached hydrogens (tertiary/aromatic N) is 1. The molecule has 1 heterocycles. The number of benzene rings is 1. The van der Waals surface area contributed by atoms with Crippen molar-refractivity contribution in [3.05, 3.63) is 30.3 Å². The summed E-state index contributed by atoms with van der Waals surface area (Å²) in [6, 6.07) is 10.7. The van der Waals surface area contributed by atoms with E-state index in [4.69, 9.17) is 0 Å². The monoisotopic (exact) mass is 263 g/mol. The molecular weight excluding hydrogens is 238 g/mol. The molecule has 0 atom stereocenters. The first kappa shape index (κ1) is 14.0. The Bertz CT molecular complexity index is 345. The van der Waals surface area contributed by atoms with Gasteiger partial charge in [-0.05, 0) is 43.4 Å². The molecule has 2 rings (SSSR count). The molecule has 0 saturated carbocycles. The molecule has 0 unspecified atom stereocenters. The maximum atomic E-state index is 2.66. The van der Waals surface area contributed by atoms with Crippen LogP contribution < -0.4 is 0 Å². The molecule has 1 aliphatic heterocycles. The van der Waals surface area contributed by atoms with Gasteiger partial charge in [-0.25, -0.2) is 0 Å². The van der Waals surface area contributed by atoms with Crippen LogP contribution in [-0.4, -0.2) is 30.3 Å². The molecule has 0 N–H and O–H groups in total. The quantitative estimate of drug-likeness (QED) is 0.704. The Kier molecular flexibility index (Phi) is 5.13. The third-order valence-electron chi connectivity index (χ3n) is 4.44. The molecule has 0 aromatic heterocycles. The number of thioether (sulfide) groups is 1. The summed E-state index contributed by atoms with van der Waals surface area (Å²) in [4.78, 5) is 4.05. The van der Waals surface area contributed by atoms with Gasteiger partial charge in [-0.3, -0.25) is 0 Å². The third-order valence-corrected chi connectivity index (χ3v) is 5.43. The Hall–Kier alpha value is -0.470. The second-order valence-electron chi connectivity index (χ2n) is 5.39. The van der Waals surface area contributed by atoms with E-state index >= 15 is 0 Å². The van der Waals surface area contributed by atoms with Crippen molar-refractivity contribution in [3.63, 3.8) is 0 Å². The summed E-state index contributed by atoms with van der Waals surface area (Å²) in [6.07, 6.45) is 4.08. The van der Waals surface area contributed by atoms with Gasteiger partial charge in [0.05, 0.1) is 0 Å². The molecule has 0 amide bonds. The highest BCUT2D eigenvalue weighted by atomic mass is 32.2. The molecule has 1 aromatic rings. The summed E-state index contributed by atoms with van der Waals surface area (Å²) in [7, 11) is 0. The SMILES string of the molecule is CCC1(CC)CCN(CCSc2ccccc2)C1. The van der Waals surface area contributed by atoms with Crippen LogP contribution in [-0.2, 0) is 0 Å². The van der Waals surface area contributed by atoms with E-state index in [1.54, 1.807) is 0 Å². The van der Waals surface area contributed by atoms with E-state index in [9.17, 15) is 0 Å². The van der Waals surface area contributed by atoms with Crippen molar-refractivity contribution in [1.29, 1.82) is 0 Å². The van der Waals surface area contributed by atoms with E-state index in [2.05, 4.69) is 49.1 Å². The highest BCUT2D eigenvalue weighted by molar-refractivity contribution is 7.99. The van der Waals surface area contributed by atoms with Gasteiger partial charge < -0.3 is 4.90 Å². The molecule has 1 fully saturated rings. The fourth-order valence-electron chi connectivity index (χ4n) is 2.86. The molecule has 2 heteroatoms. The van der Waals surface area contributed by atoms with Crippen LogP contribution in [0, 0.1) is 5.41 Å². The summed E-state index contributed by atoms with van der Waals surface area (Å²) in [5, 5.41) is 0. The van der Waals surface area contributed by atoms with Gasteiger partial charge in [-0.2, -0.15) is 0 Å². The second kappa shape index (κ2) is 6.63. The van der Waals surface area contributed by atoms with Crippen molar-refractivity contribution < 1.29 is 0 Å². The number of hydrogen-bond acceptors (Lipinski definition) is 2. The van der Waals surface area contributed by atoms with Crippen LogP contribution in [0.4, 0.5) is 0 Å². The van der Waals surface area contributed by atoms with Crippen LogP contribution in [0.2, 0.25) is 0 Å². The molecule has 1 saturated heterocycles. The van der Waals surface area contributed by atoms with Gasteiger partial charge in [-0.15, -0.1) is 11.8 Å². The van der Waals surface area contributed by atoms with E-state index in [1.165, 1.54) is 49.5 Å². The molecule has 0 aliphatic carbocycles. The molecule has 100 valence electrons. The van der Waals surface area contributed by atoms with E-state index in [1.807, 2.05) is 11.8 Å². The maximum absolute atomic E-state index is 2.66. The number of rotatable bonds is 6. The van der Waals surface area contributed by atoms with Crippen LogP contribution in [0.1, 0.15) is 33.1 Å². The molecule has 0 spiro atoms. The van der Waals surface area contributed by atoms with Crippen molar-refractivity contribution in [2.45, 2.75) is 38.0 Å². The van der Waals surface area contributed by atoms with Gasteiger partial charge in [0.2, 0.25) is 0 Å². The number of hydrogen-bond donors (Lipinski definition) is 0. The van der Waals surface area contributed by atoms with E-state index in [0.29, 0.717) is 5.41 Å². The largest absolute Gasteiger partial charge is 0.302 e. The zero-order valence-electron chi connectivity index (χ0n) is 11.7. The standard InChI is InChI=1S/C16H25NS/c1-3-16(4-2)10-11-17(14-16)12-13-18-15-8-6-5-7-9-15/h5-9H,3-4,10-14H2,1-2H3. The lowest BCUT2D eigenvalue weighted by atomic mass is 9.82. The predicted octanol–water partition coefficient (Wildman–Crippen LogP) is 4.29. The Morgan fingerprint density at radius 3 is 2.50 bits per heavy atom. The molecule has 1 aromatic carbocycles. The topological polar surface area (TPSA) is 3.24 Å². The lowest BCUT2D eigenvalue weighted by Crippen LogP contribution is -2.28. The molecule has 0 bridgehead atoms. The highest BCUT2D eigenvalue weighted by Gasteiger charge is 2.34. The first-order valence-electron chi connectivity index (χ1n) is 7.18. The van der Waals surface area contributed by atoms with Crippen molar-refractivity contribution in [3.8, 4) is 0 Å². The smallest absolute Gasteiger partial charge is 0.0108 e. The predicted molar refractivity (Wildman–Crippen MR) is 81.2 cm³/mol. The van der Waals surface area contributed by atoms with Crippen LogP contribution >= 0.6 is 11.8 Å². The molecule has 1 nitrogen and oxygen atoms in total. The first-order chi connectivity index (χ1) is 8.78.